The molecule has 3 heteroatoms. The Morgan fingerprint density at radius 2 is 1.75 bits per heavy atom. The number of rotatable bonds is 10. The first-order valence-electron chi connectivity index (χ1n) is 14.4. The molecule has 0 amide bonds. The van der Waals surface area contributed by atoms with Gasteiger partial charge in [0.2, 0.25) is 0 Å². The Hall–Kier alpha value is -2.42. The Morgan fingerprint density at radius 3 is 2.33 bits per heavy atom. The lowest BCUT2D eigenvalue weighted by molar-refractivity contribution is 0.393. The fraction of sp³-hybridized carbons (Fsp3) is 0.576. The first-order valence-corrected chi connectivity index (χ1v) is 14.4. The third-order valence-electron chi connectivity index (χ3n) is 6.98. The van der Waals surface area contributed by atoms with Crippen LogP contribution in [0.1, 0.15) is 110 Å². The molecule has 0 spiro atoms. The highest BCUT2D eigenvalue weighted by Gasteiger charge is 2.14. The summed E-state index contributed by atoms with van der Waals surface area (Å²) in [6, 6.07) is 4.46. The molecule has 0 aromatic heterocycles. The van der Waals surface area contributed by atoms with Crippen molar-refractivity contribution in [3.63, 3.8) is 0 Å². The summed E-state index contributed by atoms with van der Waals surface area (Å²) in [7, 11) is 1.85. The molecular formula is C33H54N2O. The van der Waals surface area contributed by atoms with E-state index >= 15 is 0 Å². The van der Waals surface area contributed by atoms with Crippen molar-refractivity contribution in [3.8, 4) is 5.75 Å². The van der Waals surface area contributed by atoms with Crippen LogP contribution >= 0.6 is 0 Å². The molecule has 0 radical (unpaired) electrons. The molecule has 3 N–H and O–H groups in total. The van der Waals surface area contributed by atoms with Crippen molar-refractivity contribution in [1.29, 1.82) is 0 Å². The maximum absolute atomic E-state index is 9.68. The van der Waals surface area contributed by atoms with Gasteiger partial charge in [0, 0.05) is 18.8 Å². The number of nitrogens with one attached hydrogen (secondary N) is 2. The standard InChI is InChI=1S/C19H29N.C12H19NO.C2H6/c1-15(2)18-9-7-8-17(14-18)13-12-16(3)20-19-10-5-4-6-11-19;1-4-6-10-9(5-2)7-8-11(14)12(10)13-3;1-2/h8,14,19-20H,1,3-7,9-13H2,2H3;7-8,13-14H,4-6H2,1-3H3;1-2H3. The average Bonchev–Trinajstić information content (AvgIpc) is 2.90. The van der Waals surface area contributed by atoms with Crippen LogP contribution in [0.15, 0.2) is 59.9 Å². The van der Waals surface area contributed by atoms with Gasteiger partial charge in [-0.3, -0.25) is 0 Å². The van der Waals surface area contributed by atoms with Gasteiger partial charge in [0.25, 0.3) is 0 Å². The van der Waals surface area contributed by atoms with E-state index in [1.165, 1.54) is 65.6 Å². The number of phenolic OH excluding ortho intramolecular Hbond substituents is 1. The Kier molecular flexibility index (Phi) is 15.7. The van der Waals surface area contributed by atoms with Gasteiger partial charge in [-0.05, 0) is 81.1 Å². The van der Waals surface area contributed by atoms with E-state index in [4.69, 9.17) is 0 Å². The first kappa shape index (κ1) is 31.6. The highest BCUT2D eigenvalue weighted by atomic mass is 16.3. The van der Waals surface area contributed by atoms with Gasteiger partial charge in [0.05, 0.1) is 5.69 Å². The zero-order valence-electron chi connectivity index (χ0n) is 24.2. The summed E-state index contributed by atoms with van der Waals surface area (Å²) < 4.78 is 0. The van der Waals surface area contributed by atoms with Gasteiger partial charge < -0.3 is 15.7 Å². The number of hydrogen-bond donors (Lipinski definition) is 3. The maximum atomic E-state index is 9.68. The zero-order chi connectivity index (χ0) is 26.9. The normalized spacial score (nSPS) is 15.3. The van der Waals surface area contributed by atoms with Crippen molar-refractivity contribution in [2.75, 3.05) is 12.4 Å². The lowest BCUT2D eigenvalue weighted by atomic mass is 9.92. The fourth-order valence-electron chi connectivity index (χ4n) is 5.01. The summed E-state index contributed by atoms with van der Waals surface area (Å²) in [6.07, 6.45) is 19.1. The van der Waals surface area contributed by atoms with Gasteiger partial charge in [-0.25, -0.2) is 0 Å². The zero-order valence-corrected chi connectivity index (χ0v) is 24.2. The number of benzene rings is 1. The molecule has 3 rings (SSSR count). The Labute approximate surface area is 222 Å². The number of allylic oxidation sites excluding steroid dienone is 6. The predicted octanol–water partition coefficient (Wildman–Crippen LogP) is 9.40. The van der Waals surface area contributed by atoms with Crippen LogP contribution in [0.2, 0.25) is 0 Å². The third kappa shape index (κ3) is 10.7. The number of phenols is 1. The minimum atomic E-state index is 0.355. The van der Waals surface area contributed by atoms with Gasteiger partial charge in [0.1, 0.15) is 5.75 Å². The van der Waals surface area contributed by atoms with Gasteiger partial charge in [-0.2, -0.15) is 0 Å². The molecule has 3 nitrogen and oxygen atoms in total. The SMILES string of the molecule is C=C(CCC1=CCCC(C(=C)C)=C1)NC1CCCCC1.CC.CCCc1c(CC)ccc(O)c1NC. The smallest absolute Gasteiger partial charge is 0.138 e. The predicted molar refractivity (Wildman–Crippen MR) is 161 cm³/mol. The van der Waals surface area contributed by atoms with Crippen molar-refractivity contribution >= 4 is 5.69 Å². The van der Waals surface area contributed by atoms with Crippen molar-refractivity contribution < 1.29 is 5.11 Å². The summed E-state index contributed by atoms with van der Waals surface area (Å²) in [5.41, 5.74) is 8.80. The van der Waals surface area contributed by atoms with Crippen molar-refractivity contribution in [2.45, 2.75) is 118 Å². The van der Waals surface area contributed by atoms with Crippen LogP contribution in [-0.2, 0) is 12.8 Å². The van der Waals surface area contributed by atoms with Crippen LogP contribution in [0, 0.1) is 0 Å². The van der Waals surface area contributed by atoms with E-state index in [0.29, 0.717) is 11.8 Å². The van der Waals surface area contributed by atoms with E-state index in [-0.39, 0.29) is 0 Å². The van der Waals surface area contributed by atoms with Crippen molar-refractivity contribution in [1.82, 2.24) is 5.32 Å². The van der Waals surface area contributed by atoms with Crippen LogP contribution in [-0.4, -0.2) is 18.2 Å². The van der Waals surface area contributed by atoms with Crippen LogP contribution in [0.5, 0.6) is 5.75 Å². The van der Waals surface area contributed by atoms with Gasteiger partial charge in [-0.15, -0.1) is 0 Å². The molecule has 0 saturated heterocycles. The summed E-state index contributed by atoms with van der Waals surface area (Å²) in [5, 5.41) is 16.4. The number of aromatic hydroxyl groups is 1. The monoisotopic (exact) mass is 494 g/mol. The molecule has 1 aromatic rings. The van der Waals surface area contributed by atoms with Gasteiger partial charge >= 0.3 is 0 Å². The molecule has 0 unspecified atom stereocenters. The van der Waals surface area contributed by atoms with E-state index in [0.717, 1.165) is 50.6 Å². The second-order valence-electron chi connectivity index (χ2n) is 9.80. The molecule has 0 atom stereocenters. The molecule has 1 fully saturated rings. The number of anilines is 1. The molecule has 1 saturated carbocycles. The molecule has 2 aliphatic rings. The average molecular weight is 495 g/mol. The molecular weight excluding hydrogens is 440 g/mol. The largest absolute Gasteiger partial charge is 0.506 e. The summed E-state index contributed by atoms with van der Waals surface area (Å²) >= 11 is 0. The van der Waals surface area contributed by atoms with Crippen LogP contribution in [0.4, 0.5) is 5.69 Å². The van der Waals surface area contributed by atoms with E-state index in [9.17, 15) is 5.11 Å². The highest BCUT2D eigenvalue weighted by Crippen LogP contribution is 2.31. The Morgan fingerprint density at radius 1 is 1.06 bits per heavy atom. The molecule has 0 heterocycles. The van der Waals surface area contributed by atoms with Crippen LogP contribution < -0.4 is 10.6 Å². The van der Waals surface area contributed by atoms with E-state index in [1.807, 2.05) is 27.0 Å². The van der Waals surface area contributed by atoms with Crippen LogP contribution in [0.3, 0.4) is 0 Å². The molecule has 0 bridgehead atoms. The van der Waals surface area contributed by atoms with E-state index in [1.54, 1.807) is 6.07 Å². The minimum Gasteiger partial charge on any atom is -0.506 e. The quantitative estimate of drug-likeness (QED) is 0.284. The number of aryl methyl sites for hydroxylation is 1. The Bertz CT molecular complexity index is 872. The summed E-state index contributed by atoms with van der Waals surface area (Å²) in [6.45, 7) is 18.7. The van der Waals surface area contributed by atoms with E-state index < -0.39 is 0 Å². The van der Waals surface area contributed by atoms with Crippen molar-refractivity contribution in [2.24, 2.45) is 0 Å². The molecule has 202 valence electrons. The fourth-order valence-corrected chi connectivity index (χ4v) is 5.01. The maximum Gasteiger partial charge on any atom is 0.138 e. The van der Waals surface area contributed by atoms with Crippen molar-refractivity contribution in [3.05, 3.63) is 71.0 Å². The van der Waals surface area contributed by atoms with Gasteiger partial charge in [0.15, 0.2) is 0 Å². The third-order valence-corrected chi connectivity index (χ3v) is 6.98. The first-order chi connectivity index (χ1) is 17.4. The molecule has 2 aliphatic carbocycles. The second-order valence-corrected chi connectivity index (χ2v) is 9.80. The van der Waals surface area contributed by atoms with E-state index in [2.05, 4.69) is 56.7 Å². The minimum absolute atomic E-state index is 0.355. The second kappa shape index (κ2) is 17.9. The summed E-state index contributed by atoms with van der Waals surface area (Å²) in [5.74, 6) is 0.355. The van der Waals surface area contributed by atoms with Crippen LogP contribution in [0.25, 0.3) is 0 Å². The molecule has 0 aliphatic heterocycles. The number of hydrogen-bond acceptors (Lipinski definition) is 3. The van der Waals surface area contributed by atoms with Gasteiger partial charge in [-0.1, -0.05) is 95.9 Å². The lowest BCUT2D eigenvalue weighted by Crippen LogP contribution is -2.30. The lowest BCUT2D eigenvalue weighted by Gasteiger charge is -2.25. The molecule has 36 heavy (non-hydrogen) atoms. The molecule has 1 aromatic carbocycles. The summed E-state index contributed by atoms with van der Waals surface area (Å²) in [4.78, 5) is 0. The topological polar surface area (TPSA) is 44.3 Å². The Balaban J connectivity index is 0.000000356. The highest BCUT2D eigenvalue weighted by molar-refractivity contribution is 5.63.